The molecule has 3 nitrogen and oxygen atoms in total. The Hall–Kier alpha value is -1.19. The summed E-state index contributed by atoms with van der Waals surface area (Å²) in [6.07, 6.45) is 3.97. The van der Waals surface area contributed by atoms with E-state index >= 15 is 0 Å². The van der Waals surface area contributed by atoms with E-state index in [0.717, 1.165) is 18.1 Å². The molecule has 0 saturated heterocycles. The van der Waals surface area contributed by atoms with Gasteiger partial charge in [0, 0.05) is 51.0 Å². The highest BCUT2D eigenvalue weighted by Gasteiger charge is 2.01. The van der Waals surface area contributed by atoms with Gasteiger partial charge >= 0.3 is 0 Å². The van der Waals surface area contributed by atoms with Gasteiger partial charge in [-0.15, -0.1) is 0 Å². The van der Waals surface area contributed by atoms with Gasteiger partial charge in [-0.1, -0.05) is 11.6 Å². The van der Waals surface area contributed by atoms with Crippen molar-refractivity contribution in [3.8, 4) is 0 Å². The topological polar surface area (TPSA) is 21.9 Å². The van der Waals surface area contributed by atoms with Gasteiger partial charge in [0.05, 0.1) is 5.02 Å². The van der Waals surface area contributed by atoms with Crippen LogP contribution in [0, 0.1) is 0 Å². The summed E-state index contributed by atoms with van der Waals surface area (Å²) in [5.41, 5.74) is 2.47. The Labute approximate surface area is 101 Å². The van der Waals surface area contributed by atoms with Gasteiger partial charge in [0.15, 0.2) is 0 Å². The normalized spacial score (nSPS) is 10.9. The first kappa shape index (κ1) is 11.3. The molecule has 0 atom stereocenters. The SMILES string of the molecule is Cn1cccc1CNCc1cc(Cl)cn1C. The maximum atomic E-state index is 5.92. The molecule has 0 aromatic carbocycles. The maximum Gasteiger partial charge on any atom is 0.0585 e. The lowest BCUT2D eigenvalue weighted by atomic mass is 10.4. The molecule has 2 rings (SSSR count). The summed E-state index contributed by atoms with van der Waals surface area (Å²) in [6.45, 7) is 1.70. The van der Waals surface area contributed by atoms with E-state index in [2.05, 4.69) is 35.3 Å². The largest absolute Gasteiger partial charge is 0.353 e. The molecule has 16 heavy (non-hydrogen) atoms. The molecule has 0 radical (unpaired) electrons. The fourth-order valence-corrected chi connectivity index (χ4v) is 2.01. The molecule has 0 saturated carbocycles. The number of nitrogens with one attached hydrogen (secondary N) is 1. The van der Waals surface area contributed by atoms with E-state index in [0.29, 0.717) is 0 Å². The zero-order valence-corrected chi connectivity index (χ0v) is 10.3. The summed E-state index contributed by atoms with van der Waals surface area (Å²) in [5.74, 6) is 0. The minimum Gasteiger partial charge on any atom is -0.353 e. The van der Waals surface area contributed by atoms with Crippen molar-refractivity contribution >= 4 is 11.6 Å². The minimum absolute atomic E-state index is 0.790. The van der Waals surface area contributed by atoms with Crippen molar-refractivity contribution < 1.29 is 0 Å². The molecule has 0 aliphatic rings. The van der Waals surface area contributed by atoms with Crippen LogP contribution in [0.3, 0.4) is 0 Å². The number of hydrogen-bond donors (Lipinski definition) is 1. The van der Waals surface area contributed by atoms with Crippen LogP contribution in [0.15, 0.2) is 30.6 Å². The quantitative estimate of drug-likeness (QED) is 0.866. The third-order valence-corrected chi connectivity index (χ3v) is 2.94. The van der Waals surface area contributed by atoms with Crippen LogP contribution >= 0.6 is 11.6 Å². The Bertz CT molecular complexity index is 470. The zero-order chi connectivity index (χ0) is 11.5. The molecule has 0 aliphatic heterocycles. The molecule has 0 spiro atoms. The van der Waals surface area contributed by atoms with Gasteiger partial charge in [-0.3, -0.25) is 0 Å². The van der Waals surface area contributed by atoms with E-state index in [1.54, 1.807) is 0 Å². The summed E-state index contributed by atoms with van der Waals surface area (Å²) >= 11 is 5.92. The van der Waals surface area contributed by atoms with Crippen LogP contribution in [-0.2, 0) is 27.2 Å². The smallest absolute Gasteiger partial charge is 0.0585 e. The average molecular weight is 238 g/mol. The van der Waals surface area contributed by atoms with Gasteiger partial charge in [-0.05, 0) is 18.2 Å². The molecule has 1 N–H and O–H groups in total. The summed E-state index contributed by atoms with van der Waals surface area (Å²) in [5, 5.41) is 4.19. The van der Waals surface area contributed by atoms with Crippen molar-refractivity contribution in [2.75, 3.05) is 0 Å². The molecule has 0 bridgehead atoms. The van der Waals surface area contributed by atoms with Crippen molar-refractivity contribution in [3.05, 3.63) is 47.0 Å². The van der Waals surface area contributed by atoms with Crippen LogP contribution < -0.4 is 5.32 Å². The fourth-order valence-electron chi connectivity index (χ4n) is 1.74. The van der Waals surface area contributed by atoms with Crippen molar-refractivity contribution in [1.82, 2.24) is 14.5 Å². The highest BCUT2D eigenvalue weighted by molar-refractivity contribution is 6.30. The average Bonchev–Trinajstić information content (AvgIpc) is 2.75. The minimum atomic E-state index is 0.790. The molecule has 0 unspecified atom stereocenters. The van der Waals surface area contributed by atoms with Gasteiger partial charge in [-0.2, -0.15) is 0 Å². The predicted molar refractivity (Wildman–Crippen MR) is 66.4 cm³/mol. The van der Waals surface area contributed by atoms with Crippen LogP contribution in [0.2, 0.25) is 5.02 Å². The van der Waals surface area contributed by atoms with Crippen LogP contribution in [0.1, 0.15) is 11.4 Å². The first-order valence-electron chi connectivity index (χ1n) is 5.28. The van der Waals surface area contributed by atoms with Gasteiger partial charge in [0.25, 0.3) is 0 Å². The van der Waals surface area contributed by atoms with Crippen molar-refractivity contribution in [3.63, 3.8) is 0 Å². The second-order valence-electron chi connectivity index (χ2n) is 3.97. The molecule has 0 fully saturated rings. The Balaban J connectivity index is 1.89. The molecule has 2 heterocycles. The number of halogens is 1. The van der Waals surface area contributed by atoms with Crippen LogP contribution in [-0.4, -0.2) is 9.13 Å². The molecule has 2 aromatic rings. The standard InChI is InChI=1S/C12H16ClN3/c1-15-5-3-4-11(15)7-14-8-12-6-10(13)9-16(12)2/h3-6,9,14H,7-8H2,1-2H3. The monoisotopic (exact) mass is 237 g/mol. The highest BCUT2D eigenvalue weighted by Crippen LogP contribution is 2.12. The van der Waals surface area contributed by atoms with Crippen molar-refractivity contribution in [2.24, 2.45) is 14.1 Å². The predicted octanol–water partition coefficient (Wildman–Crippen LogP) is 2.31. The maximum absolute atomic E-state index is 5.92. The number of aromatic nitrogens is 2. The van der Waals surface area contributed by atoms with Crippen LogP contribution in [0.4, 0.5) is 0 Å². The number of hydrogen-bond acceptors (Lipinski definition) is 1. The van der Waals surface area contributed by atoms with E-state index in [4.69, 9.17) is 11.6 Å². The van der Waals surface area contributed by atoms with Crippen molar-refractivity contribution in [1.29, 1.82) is 0 Å². The van der Waals surface area contributed by atoms with E-state index in [-0.39, 0.29) is 0 Å². The Kier molecular flexibility index (Phi) is 3.36. The number of rotatable bonds is 4. The van der Waals surface area contributed by atoms with Gasteiger partial charge in [-0.25, -0.2) is 0 Å². The lowest BCUT2D eigenvalue weighted by Gasteiger charge is -2.06. The molecular formula is C12H16ClN3. The Morgan fingerprint density at radius 1 is 1.19 bits per heavy atom. The second-order valence-corrected chi connectivity index (χ2v) is 4.41. The van der Waals surface area contributed by atoms with Gasteiger partial charge in [0.1, 0.15) is 0 Å². The Morgan fingerprint density at radius 2 is 1.94 bits per heavy atom. The van der Waals surface area contributed by atoms with E-state index in [1.165, 1.54) is 11.4 Å². The summed E-state index contributed by atoms with van der Waals surface area (Å²) in [7, 11) is 4.06. The third kappa shape index (κ3) is 2.49. The lowest BCUT2D eigenvalue weighted by Crippen LogP contribution is -2.16. The molecule has 86 valence electrons. The lowest BCUT2D eigenvalue weighted by molar-refractivity contribution is 0.629. The molecule has 2 aromatic heterocycles. The zero-order valence-electron chi connectivity index (χ0n) is 9.57. The molecule has 0 aliphatic carbocycles. The number of aryl methyl sites for hydroxylation is 2. The fraction of sp³-hybridized carbons (Fsp3) is 0.333. The molecular weight excluding hydrogens is 222 g/mol. The first-order valence-corrected chi connectivity index (χ1v) is 5.66. The second kappa shape index (κ2) is 4.76. The molecule has 4 heteroatoms. The first-order chi connectivity index (χ1) is 7.66. The summed E-state index contributed by atoms with van der Waals surface area (Å²) in [6, 6.07) is 6.15. The summed E-state index contributed by atoms with van der Waals surface area (Å²) < 4.78 is 4.16. The van der Waals surface area contributed by atoms with E-state index in [1.807, 2.05) is 23.9 Å². The third-order valence-electron chi connectivity index (χ3n) is 2.74. The van der Waals surface area contributed by atoms with Gasteiger partial charge < -0.3 is 14.5 Å². The van der Waals surface area contributed by atoms with Crippen LogP contribution in [0.25, 0.3) is 0 Å². The van der Waals surface area contributed by atoms with Crippen LogP contribution in [0.5, 0.6) is 0 Å². The van der Waals surface area contributed by atoms with Crippen molar-refractivity contribution in [2.45, 2.75) is 13.1 Å². The Morgan fingerprint density at radius 3 is 2.50 bits per heavy atom. The highest BCUT2D eigenvalue weighted by atomic mass is 35.5. The summed E-state index contributed by atoms with van der Waals surface area (Å²) in [4.78, 5) is 0. The van der Waals surface area contributed by atoms with E-state index < -0.39 is 0 Å². The molecule has 0 amide bonds. The van der Waals surface area contributed by atoms with Gasteiger partial charge in [0.2, 0.25) is 0 Å². The van der Waals surface area contributed by atoms with E-state index in [9.17, 15) is 0 Å². The number of nitrogens with zero attached hydrogens (tertiary/aromatic N) is 2.